The number of sulfonamides is 1. The Morgan fingerprint density at radius 1 is 1.22 bits per heavy atom. The van der Waals surface area contributed by atoms with E-state index in [0.29, 0.717) is 5.76 Å². The third kappa shape index (κ3) is 4.66. The van der Waals surface area contributed by atoms with Crippen LogP contribution >= 0.6 is 0 Å². The molecular weight excluding hydrogens is 376 g/mol. The maximum absolute atomic E-state index is 12.4. The van der Waals surface area contributed by atoms with Crippen LogP contribution in [0.25, 0.3) is 0 Å². The van der Waals surface area contributed by atoms with Gasteiger partial charge in [0, 0.05) is 19.8 Å². The van der Waals surface area contributed by atoms with Gasteiger partial charge < -0.3 is 19.2 Å². The molecule has 0 spiro atoms. The molecule has 0 atom stereocenters. The van der Waals surface area contributed by atoms with Crippen molar-refractivity contribution in [2.45, 2.75) is 11.8 Å². The fraction of sp³-hybridized carbons (Fsp3) is 0.294. The van der Waals surface area contributed by atoms with Crippen molar-refractivity contribution in [1.29, 1.82) is 0 Å². The maximum atomic E-state index is 12.4. The highest BCUT2D eigenvalue weighted by atomic mass is 32.2. The number of hydrogen-bond donors (Lipinski definition) is 1. The molecule has 146 valence electrons. The Morgan fingerprint density at radius 2 is 1.93 bits per heavy atom. The van der Waals surface area contributed by atoms with E-state index in [1.807, 2.05) is 0 Å². The molecule has 27 heavy (non-hydrogen) atoms. The fourth-order valence-corrected chi connectivity index (χ4v) is 3.23. The average Bonchev–Trinajstić information content (AvgIpc) is 3.05. The number of esters is 1. The molecule has 1 N–H and O–H groups in total. The van der Waals surface area contributed by atoms with Crippen LogP contribution in [0.4, 0.5) is 5.69 Å². The van der Waals surface area contributed by atoms with Crippen molar-refractivity contribution >= 4 is 27.6 Å². The highest BCUT2D eigenvalue weighted by Gasteiger charge is 2.23. The fourth-order valence-electron chi connectivity index (χ4n) is 2.16. The summed E-state index contributed by atoms with van der Waals surface area (Å²) in [5.74, 6) is -0.789. The second kappa shape index (κ2) is 8.23. The number of benzene rings is 1. The van der Waals surface area contributed by atoms with Gasteiger partial charge in [-0.25, -0.2) is 17.5 Å². The number of anilines is 1. The number of nitrogens with zero attached hydrogens (tertiary/aromatic N) is 1. The van der Waals surface area contributed by atoms with Crippen molar-refractivity contribution in [3.8, 4) is 5.75 Å². The third-order valence-electron chi connectivity index (χ3n) is 3.62. The molecule has 9 nitrogen and oxygen atoms in total. The first-order valence-corrected chi connectivity index (χ1v) is 9.22. The largest absolute Gasteiger partial charge is 0.495 e. The molecule has 2 aromatic rings. The smallest absolute Gasteiger partial charge is 0.342 e. The third-order valence-corrected chi connectivity index (χ3v) is 5.46. The minimum Gasteiger partial charge on any atom is -0.495 e. The predicted octanol–water partition coefficient (Wildman–Crippen LogP) is 1.64. The molecule has 2 rings (SSSR count). The van der Waals surface area contributed by atoms with E-state index in [1.165, 1.54) is 51.7 Å². The van der Waals surface area contributed by atoms with Crippen LogP contribution in [0.1, 0.15) is 16.1 Å². The van der Waals surface area contributed by atoms with E-state index in [4.69, 9.17) is 13.9 Å². The zero-order chi connectivity index (χ0) is 20.2. The quantitative estimate of drug-likeness (QED) is 0.708. The van der Waals surface area contributed by atoms with Gasteiger partial charge in [-0.2, -0.15) is 0 Å². The SMILES string of the molecule is COc1ccc(NC(=O)COC(=O)c2ccoc2C)cc1S(=O)(=O)N(C)C. The van der Waals surface area contributed by atoms with E-state index in [0.717, 1.165) is 4.31 Å². The van der Waals surface area contributed by atoms with Crippen LogP contribution in [0.15, 0.2) is 39.8 Å². The van der Waals surface area contributed by atoms with Crippen LogP contribution in [0.3, 0.4) is 0 Å². The normalized spacial score (nSPS) is 11.3. The number of methoxy groups -OCH3 is 1. The first-order valence-electron chi connectivity index (χ1n) is 7.78. The summed E-state index contributed by atoms with van der Waals surface area (Å²) in [4.78, 5) is 23.8. The van der Waals surface area contributed by atoms with E-state index in [1.54, 1.807) is 6.92 Å². The Labute approximate surface area is 156 Å². The number of carbonyl (C=O) groups excluding carboxylic acids is 2. The predicted molar refractivity (Wildman–Crippen MR) is 96.2 cm³/mol. The Morgan fingerprint density at radius 3 is 2.48 bits per heavy atom. The van der Waals surface area contributed by atoms with Gasteiger partial charge >= 0.3 is 5.97 Å². The number of aryl methyl sites for hydroxylation is 1. The summed E-state index contributed by atoms with van der Waals surface area (Å²) in [7, 11) is 0.342. The van der Waals surface area contributed by atoms with E-state index in [9.17, 15) is 18.0 Å². The van der Waals surface area contributed by atoms with Crippen LogP contribution in [0, 0.1) is 6.92 Å². The molecule has 0 bridgehead atoms. The lowest BCUT2D eigenvalue weighted by atomic mass is 10.3. The molecule has 0 aliphatic carbocycles. The van der Waals surface area contributed by atoms with Crippen LogP contribution in [-0.2, 0) is 19.6 Å². The van der Waals surface area contributed by atoms with Gasteiger partial charge in [0.2, 0.25) is 10.0 Å². The van der Waals surface area contributed by atoms with Gasteiger partial charge in [-0.05, 0) is 31.2 Å². The van der Waals surface area contributed by atoms with Crippen molar-refractivity contribution in [2.75, 3.05) is 33.1 Å². The summed E-state index contributed by atoms with van der Waals surface area (Å²) in [6, 6.07) is 5.62. The Balaban J connectivity index is 2.10. The van der Waals surface area contributed by atoms with Gasteiger partial charge in [-0.15, -0.1) is 0 Å². The summed E-state index contributed by atoms with van der Waals surface area (Å²) in [6.45, 7) is 1.06. The molecule has 0 radical (unpaired) electrons. The zero-order valence-corrected chi connectivity index (χ0v) is 16.1. The summed E-state index contributed by atoms with van der Waals surface area (Å²) in [5, 5.41) is 2.48. The molecule has 0 aliphatic rings. The van der Waals surface area contributed by atoms with Crippen molar-refractivity contribution in [2.24, 2.45) is 0 Å². The van der Waals surface area contributed by atoms with Crippen molar-refractivity contribution in [1.82, 2.24) is 4.31 Å². The number of nitrogens with one attached hydrogen (secondary N) is 1. The van der Waals surface area contributed by atoms with E-state index in [-0.39, 0.29) is 21.9 Å². The first-order chi connectivity index (χ1) is 12.7. The van der Waals surface area contributed by atoms with E-state index >= 15 is 0 Å². The molecule has 1 aromatic heterocycles. The van der Waals surface area contributed by atoms with Gasteiger partial charge in [-0.3, -0.25) is 4.79 Å². The van der Waals surface area contributed by atoms with Gasteiger partial charge in [0.05, 0.1) is 13.4 Å². The van der Waals surface area contributed by atoms with Crippen LogP contribution in [-0.4, -0.2) is 52.4 Å². The van der Waals surface area contributed by atoms with Crippen molar-refractivity contribution in [3.63, 3.8) is 0 Å². The summed E-state index contributed by atoms with van der Waals surface area (Å²) < 4.78 is 40.8. The zero-order valence-electron chi connectivity index (χ0n) is 15.3. The first kappa shape index (κ1) is 20.5. The van der Waals surface area contributed by atoms with Crippen LogP contribution < -0.4 is 10.1 Å². The standard InChI is InChI=1S/C17H20N2O7S/c1-11-13(7-8-25-11)17(21)26-10-16(20)18-12-5-6-14(24-4)15(9-12)27(22,23)19(2)3/h5-9H,10H2,1-4H3,(H,18,20). The molecule has 1 aromatic carbocycles. The minimum absolute atomic E-state index is 0.0983. The lowest BCUT2D eigenvalue weighted by Gasteiger charge is -2.16. The number of amides is 1. The number of rotatable bonds is 7. The van der Waals surface area contributed by atoms with E-state index < -0.39 is 28.5 Å². The summed E-state index contributed by atoms with van der Waals surface area (Å²) in [6.07, 6.45) is 1.34. The Bertz CT molecular complexity index is 948. The number of carbonyl (C=O) groups is 2. The van der Waals surface area contributed by atoms with Crippen molar-refractivity contribution < 1.29 is 31.9 Å². The number of ether oxygens (including phenoxy) is 2. The number of hydrogen-bond acceptors (Lipinski definition) is 7. The highest BCUT2D eigenvalue weighted by Crippen LogP contribution is 2.28. The minimum atomic E-state index is -3.78. The summed E-state index contributed by atoms with van der Waals surface area (Å²) >= 11 is 0. The lowest BCUT2D eigenvalue weighted by molar-refractivity contribution is -0.119. The molecule has 0 unspecified atom stereocenters. The van der Waals surface area contributed by atoms with Gasteiger partial charge in [0.15, 0.2) is 6.61 Å². The van der Waals surface area contributed by atoms with Gasteiger partial charge in [0.25, 0.3) is 5.91 Å². The Hall–Kier alpha value is -2.85. The molecule has 1 heterocycles. The van der Waals surface area contributed by atoms with Crippen LogP contribution in [0.2, 0.25) is 0 Å². The maximum Gasteiger partial charge on any atom is 0.342 e. The molecule has 0 aliphatic heterocycles. The van der Waals surface area contributed by atoms with Crippen LogP contribution in [0.5, 0.6) is 5.75 Å². The monoisotopic (exact) mass is 396 g/mol. The topological polar surface area (TPSA) is 115 Å². The van der Waals surface area contributed by atoms with Crippen molar-refractivity contribution in [3.05, 3.63) is 41.9 Å². The summed E-state index contributed by atoms with van der Waals surface area (Å²) in [5.41, 5.74) is 0.448. The second-order valence-electron chi connectivity index (χ2n) is 5.67. The molecule has 10 heteroatoms. The Kier molecular flexibility index (Phi) is 6.24. The highest BCUT2D eigenvalue weighted by molar-refractivity contribution is 7.89. The average molecular weight is 396 g/mol. The lowest BCUT2D eigenvalue weighted by Crippen LogP contribution is -2.24. The molecule has 1 amide bonds. The molecule has 0 fully saturated rings. The van der Waals surface area contributed by atoms with E-state index in [2.05, 4.69) is 5.32 Å². The van der Waals surface area contributed by atoms with Gasteiger partial charge in [-0.1, -0.05) is 0 Å². The van der Waals surface area contributed by atoms with Gasteiger partial charge in [0.1, 0.15) is 22.0 Å². The molecule has 0 saturated carbocycles. The number of furan rings is 1. The molecule has 0 saturated heterocycles. The molecular formula is C17H20N2O7S. The second-order valence-corrected chi connectivity index (χ2v) is 7.79.